The van der Waals surface area contributed by atoms with Crippen molar-refractivity contribution in [2.75, 3.05) is 13.1 Å². The zero-order valence-corrected chi connectivity index (χ0v) is 8.35. The van der Waals surface area contributed by atoms with Crippen LogP contribution in [0, 0.1) is 5.92 Å². The van der Waals surface area contributed by atoms with Crippen molar-refractivity contribution in [1.29, 1.82) is 0 Å². The Balaban J connectivity index is 1.81. The molecule has 1 aliphatic carbocycles. The van der Waals surface area contributed by atoms with E-state index in [0.717, 1.165) is 25.7 Å². The molecule has 0 spiro atoms. The van der Waals surface area contributed by atoms with Crippen LogP contribution in [0.25, 0.3) is 0 Å². The molecule has 0 radical (unpaired) electrons. The molecule has 3 N–H and O–H groups in total. The van der Waals surface area contributed by atoms with Gasteiger partial charge in [0.2, 0.25) is 5.91 Å². The van der Waals surface area contributed by atoms with Gasteiger partial charge in [0.15, 0.2) is 0 Å². The van der Waals surface area contributed by atoms with E-state index in [0.29, 0.717) is 19.1 Å². The number of hydrogen-bond donors (Lipinski definition) is 2. The van der Waals surface area contributed by atoms with E-state index >= 15 is 0 Å². The second kappa shape index (κ2) is 3.87. The highest BCUT2D eigenvalue weighted by Crippen LogP contribution is 2.26. The third-order valence-electron chi connectivity index (χ3n) is 3.30. The molecule has 80 valence electrons. The Bertz CT molecular complexity index is 218. The van der Waals surface area contributed by atoms with Crippen LogP contribution in [0.3, 0.4) is 0 Å². The number of amides is 1. The molecule has 4 nitrogen and oxygen atoms in total. The van der Waals surface area contributed by atoms with Crippen molar-refractivity contribution in [3.8, 4) is 0 Å². The minimum atomic E-state index is -0.287. The van der Waals surface area contributed by atoms with Gasteiger partial charge in [-0.15, -0.1) is 0 Å². The van der Waals surface area contributed by atoms with E-state index in [1.165, 1.54) is 0 Å². The van der Waals surface area contributed by atoms with Gasteiger partial charge >= 0.3 is 0 Å². The normalized spacial score (nSPS) is 34.0. The van der Waals surface area contributed by atoms with Gasteiger partial charge in [-0.05, 0) is 25.7 Å². The second-order valence-electron chi connectivity index (χ2n) is 4.51. The fourth-order valence-electron chi connectivity index (χ4n) is 2.26. The number of aliphatic hydroxyl groups is 1. The molecule has 0 aromatic carbocycles. The number of β-amino-alcohol motifs (C(OH)–C–C–N with tert-alkyl or cyclic N) is 1. The van der Waals surface area contributed by atoms with Crippen molar-refractivity contribution >= 4 is 5.91 Å². The molecule has 1 saturated carbocycles. The first-order chi connectivity index (χ1) is 6.66. The average Bonchev–Trinajstić information content (AvgIpc) is 2.13. The van der Waals surface area contributed by atoms with E-state index in [9.17, 15) is 4.79 Å². The SMILES string of the molecule is NC1CCC(C(=O)N2CC(O)C2)CC1. The maximum atomic E-state index is 11.8. The van der Waals surface area contributed by atoms with Gasteiger partial charge in [-0.25, -0.2) is 0 Å². The predicted octanol–water partition coefficient (Wildman–Crippen LogP) is -0.293. The molecule has 1 heterocycles. The Morgan fingerprint density at radius 3 is 2.29 bits per heavy atom. The van der Waals surface area contributed by atoms with Crippen LogP contribution < -0.4 is 5.73 Å². The lowest BCUT2D eigenvalue weighted by Crippen LogP contribution is -2.55. The van der Waals surface area contributed by atoms with Crippen LogP contribution in [0.2, 0.25) is 0 Å². The van der Waals surface area contributed by atoms with Crippen molar-refractivity contribution in [1.82, 2.24) is 4.90 Å². The Hall–Kier alpha value is -0.610. The lowest BCUT2D eigenvalue weighted by atomic mass is 9.85. The van der Waals surface area contributed by atoms with Crippen LogP contribution in [0.15, 0.2) is 0 Å². The zero-order valence-electron chi connectivity index (χ0n) is 8.35. The molecule has 0 aromatic heterocycles. The van der Waals surface area contributed by atoms with Gasteiger partial charge in [0, 0.05) is 25.0 Å². The van der Waals surface area contributed by atoms with Crippen LogP contribution in [0.5, 0.6) is 0 Å². The summed E-state index contributed by atoms with van der Waals surface area (Å²) in [7, 11) is 0. The second-order valence-corrected chi connectivity index (χ2v) is 4.51. The van der Waals surface area contributed by atoms with Gasteiger partial charge in [-0.1, -0.05) is 0 Å². The van der Waals surface area contributed by atoms with E-state index in [4.69, 9.17) is 10.8 Å². The van der Waals surface area contributed by atoms with Crippen molar-refractivity contribution < 1.29 is 9.90 Å². The van der Waals surface area contributed by atoms with Crippen molar-refractivity contribution in [3.05, 3.63) is 0 Å². The molecule has 1 amide bonds. The topological polar surface area (TPSA) is 66.6 Å². The van der Waals surface area contributed by atoms with Crippen LogP contribution >= 0.6 is 0 Å². The number of nitrogens with two attached hydrogens (primary N) is 1. The molecule has 1 saturated heterocycles. The molecule has 2 fully saturated rings. The summed E-state index contributed by atoms with van der Waals surface area (Å²) < 4.78 is 0. The standard InChI is InChI=1S/C10H18N2O2/c11-8-3-1-7(2-4-8)10(14)12-5-9(13)6-12/h7-9,13H,1-6,11H2. The third-order valence-corrected chi connectivity index (χ3v) is 3.30. The Labute approximate surface area is 84.1 Å². The minimum Gasteiger partial charge on any atom is -0.389 e. The zero-order chi connectivity index (χ0) is 10.1. The quantitative estimate of drug-likeness (QED) is 0.608. The number of likely N-dealkylation sites (tertiary alicyclic amines) is 1. The van der Waals surface area contributed by atoms with E-state index in [1.54, 1.807) is 4.90 Å². The summed E-state index contributed by atoms with van der Waals surface area (Å²) in [5.74, 6) is 0.393. The highest BCUT2D eigenvalue weighted by Gasteiger charge is 2.34. The number of nitrogens with zero attached hydrogens (tertiary/aromatic N) is 1. The monoisotopic (exact) mass is 198 g/mol. The summed E-state index contributed by atoms with van der Waals surface area (Å²) in [6.45, 7) is 1.06. The van der Waals surface area contributed by atoms with E-state index in [1.807, 2.05) is 0 Å². The summed E-state index contributed by atoms with van der Waals surface area (Å²) >= 11 is 0. The van der Waals surface area contributed by atoms with Crippen molar-refractivity contribution in [2.45, 2.75) is 37.8 Å². The average molecular weight is 198 g/mol. The van der Waals surface area contributed by atoms with Crippen LogP contribution in [-0.2, 0) is 4.79 Å². The molecule has 14 heavy (non-hydrogen) atoms. The smallest absolute Gasteiger partial charge is 0.225 e. The maximum Gasteiger partial charge on any atom is 0.225 e. The van der Waals surface area contributed by atoms with Gasteiger partial charge in [0.25, 0.3) is 0 Å². The first kappa shape index (κ1) is 9.93. The molecule has 0 aromatic rings. The summed E-state index contributed by atoms with van der Waals surface area (Å²) in [4.78, 5) is 13.6. The Morgan fingerprint density at radius 2 is 1.79 bits per heavy atom. The maximum absolute atomic E-state index is 11.8. The number of aliphatic hydroxyl groups excluding tert-OH is 1. The molecular formula is C10H18N2O2. The summed E-state index contributed by atoms with van der Waals surface area (Å²) in [6, 6.07) is 0.293. The third kappa shape index (κ3) is 1.91. The summed E-state index contributed by atoms with van der Waals surface area (Å²) in [6.07, 6.45) is 3.49. The van der Waals surface area contributed by atoms with Crippen LogP contribution in [0.4, 0.5) is 0 Å². The molecular weight excluding hydrogens is 180 g/mol. The highest BCUT2D eigenvalue weighted by molar-refractivity contribution is 5.79. The molecule has 2 aliphatic rings. The van der Waals surface area contributed by atoms with Gasteiger partial charge in [-0.3, -0.25) is 4.79 Å². The molecule has 1 aliphatic heterocycles. The number of carbonyl (C=O) groups excluding carboxylic acids is 1. The molecule has 0 bridgehead atoms. The van der Waals surface area contributed by atoms with Gasteiger partial charge < -0.3 is 15.7 Å². The Kier molecular flexibility index (Phi) is 2.74. The summed E-state index contributed by atoms with van der Waals surface area (Å²) in [5, 5.41) is 9.09. The van der Waals surface area contributed by atoms with Crippen molar-refractivity contribution in [2.24, 2.45) is 11.7 Å². The van der Waals surface area contributed by atoms with Crippen molar-refractivity contribution in [3.63, 3.8) is 0 Å². The molecule has 2 rings (SSSR count). The first-order valence-corrected chi connectivity index (χ1v) is 5.39. The highest BCUT2D eigenvalue weighted by atomic mass is 16.3. The molecule has 0 atom stereocenters. The van der Waals surface area contributed by atoms with Gasteiger partial charge in [0.1, 0.15) is 0 Å². The number of hydrogen-bond acceptors (Lipinski definition) is 3. The fourth-order valence-corrected chi connectivity index (χ4v) is 2.26. The number of carbonyl (C=O) groups is 1. The lowest BCUT2D eigenvalue weighted by molar-refractivity contribution is -0.146. The van der Waals surface area contributed by atoms with Gasteiger partial charge in [-0.2, -0.15) is 0 Å². The number of rotatable bonds is 1. The van der Waals surface area contributed by atoms with E-state index < -0.39 is 0 Å². The minimum absolute atomic E-state index is 0.169. The largest absolute Gasteiger partial charge is 0.389 e. The van der Waals surface area contributed by atoms with Gasteiger partial charge in [0.05, 0.1) is 6.10 Å². The van der Waals surface area contributed by atoms with E-state index in [-0.39, 0.29) is 17.9 Å². The lowest BCUT2D eigenvalue weighted by Gasteiger charge is -2.39. The summed E-state index contributed by atoms with van der Waals surface area (Å²) in [5.41, 5.74) is 5.78. The van der Waals surface area contributed by atoms with Crippen LogP contribution in [0.1, 0.15) is 25.7 Å². The molecule has 4 heteroatoms. The fraction of sp³-hybridized carbons (Fsp3) is 0.900. The van der Waals surface area contributed by atoms with Crippen LogP contribution in [-0.4, -0.2) is 41.1 Å². The first-order valence-electron chi connectivity index (χ1n) is 5.39. The Morgan fingerprint density at radius 1 is 1.21 bits per heavy atom. The molecule has 0 unspecified atom stereocenters. The van der Waals surface area contributed by atoms with E-state index in [2.05, 4.69) is 0 Å². The predicted molar refractivity (Wildman–Crippen MR) is 52.5 cm³/mol.